The highest BCUT2D eigenvalue weighted by Gasteiger charge is 2.29. The molecule has 2 nitrogen and oxygen atoms in total. The zero-order valence-electron chi connectivity index (χ0n) is 9.49. The number of hydrogen-bond acceptors (Lipinski definition) is 1. The normalized spacial score (nSPS) is 30.3. The molecule has 0 aromatic heterocycles. The van der Waals surface area contributed by atoms with Gasteiger partial charge < -0.3 is 5.11 Å². The van der Waals surface area contributed by atoms with E-state index in [4.69, 9.17) is 5.11 Å². The maximum Gasteiger partial charge on any atom is 0.306 e. The molecule has 1 aliphatic rings. The fourth-order valence-electron chi connectivity index (χ4n) is 2.44. The van der Waals surface area contributed by atoms with Gasteiger partial charge in [-0.1, -0.05) is 20.8 Å². The number of hydrogen-bond donors (Lipinski definition) is 1. The fourth-order valence-corrected chi connectivity index (χ4v) is 2.44. The van der Waals surface area contributed by atoms with Crippen molar-refractivity contribution in [1.82, 2.24) is 0 Å². The molecule has 2 heteroatoms. The Morgan fingerprint density at radius 1 is 1.14 bits per heavy atom. The topological polar surface area (TPSA) is 37.3 Å². The largest absolute Gasteiger partial charge is 0.481 e. The van der Waals surface area contributed by atoms with Crippen molar-refractivity contribution in [2.75, 3.05) is 0 Å². The standard InChI is InChI=1S/C12H22O2/c1-8(2)9(3)10-4-6-11(7-5-10)12(13)14/h8-11H,4-7H2,1-3H3,(H,13,14). The van der Waals surface area contributed by atoms with Crippen molar-refractivity contribution in [3.63, 3.8) is 0 Å². The second kappa shape index (κ2) is 4.81. The lowest BCUT2D eigenvalue weighted by molar-refractivity contribution is -0.143. The molecule has 0 heterocycles. The molecule has 1 aliphatic carbocycles. The van der Waals surface area contributed by atoms with Crippen molar-refractivity contribution in [3.8, 4) is 0 Å². The third kappa shape index (κ3) is 2.73. The van der Waals surface area contributed by atoms with Gasteiger partial charge in [-0.25, -0.2) is 0 Å². The maximum atomic E-state index is 10.8. The third-order valence-electron chi connectivity index (χ3n) is 3.92. The molecule has 1 saturated carbocycles. The van der Waals surface area contributed by atoms with E-state index >= 15 is 0 Å². The van der Waals surface area contributed by atoms with Crippen LogP contribution in [0.2, 0.25) is 0 Å². The molecule has 1 atom stereocenters. The molecule has 1 rings (SSSR count). The molecule has 0 aromatic carbocycles. The van der Waals surface area contributed by atoms with E-state index in [1.165, 1.54) is 0 Å². The van der Waals surface area contributed by atoms with Gasteiger partial charge in [0, 0.05) is 0 Å². The first kappa shape index (κ1) is 11.5. The second-order valence-electron chi connectivity index (χ2n) is 5.05. The lowest BCUT2D eigenvalue weighted by Crippen LogP contribution is -2.26. The molecule has 0 aromatic rings. The summed E-state index contributed by atoms with van der Waals surface area (Å²) in [7, 11) is 0. The molecule has 0 spiro atoms. The van der Waals surface area contributed by atoms with Gasteiger partial charge in [0.2, 0.25) is 0 Å². The van der Waals surface area contributed by atoms with Crippen LogP contribution in [0.4, 0.5) is 0 Å². The Hall–Kier alpha value is -0.530. The molecular weight excluding hydrogens is 176 g/mol. The molecule has 1 N–H and O–H groups in total. The summed E-state index contributed by atoms with van der Waals surface area (Å²) in [4.78, 5) is 10.8. The van der Waals surface area contributed by atoms with Crippen LogP contribution in [0, 0.1) is 23.7 Å². The first-order chi connectivity index (χ1) is 6.52. The van der Waals surface area contributed by atoms with Gasteiger partial charge in [0.25, 0.3) is 0 Å². The Morgan fingerprint density at radius 3 is 2.00 bits per heavy atom. The fraction of sp³-hybridized carbons (Fsp3) is 0.917. The maximum absolute atomic E-state index is 10.8. The molecule has 0 saturated heterocycles. The summed E-state index contributed by atoms with van der Waals surface area (Å²) in [5.74, 6) is 1.56. The molecule has 14 heavy (non-hydrogen) atoms. The van der Waals surface area contributed by atoms with Gasteiger partial charge >= 0.3 is 5.97 Å². The molecular formula is C12H22O2. The second-order valence-corrected chi connectivity index (χ2v) is 5.05. The summed E-state index contributed by atoms with van der Waals surface area (Å²) < 4.78 is 0. The zero-order chi connectivity index (χ0) is 10.7. The zero-order valence-corrected chi connectivity index (χ0v) is 9.49. The summed E-state index contributed by atoms with van der Waals surface area (Å²) >= 11 is 0. The molecule has 1 unspecified atom stereocenters. The molecule has 0 amide bonds. The van der Waals surface area contributed by atoms with Gasteiger partial charge in [-0.3, -0.25) is 4.79 Å². The van der Waals surface area contributed by atoms with Crippen molar-refractivity contribution in [2.24, 2.45) is 23.7 Å². The Balaban J connectivity index is 2.39. The van der Waals surface area contributed by atoms with Crippen LogP contribution in [0.1, 0.15) is 46.5 Å². The number of carbonyl (C=O) groups is 1. The number of aliphatic carboxylic acids is 1. The third-order valence-corrected chi connectivity index (χ3v) is 3.92. The van der Waals surface area contributed by atoms with Crippen LogP contribution in [-0.2, 0) is 4.79 Å². The van der Waals surface area contributed by atoms with Crippen molar-refractivity contribution < 1.29 is 9.90 Å². The highest BCUT2D eigenvalue weighted by Crippen LogP contribution is 2.36. The van der Waals surface area contributed by atoms with E-state index in [0.29, 0.717) is 0 Å². The molecule has 82 valence electrons. The van der Waals surface area contributed by atoms with Gasteiger partial charge in [0.15, 0.2) is 0 Å². The summed E-state index contributed by atoms with van der Waals surface area (Å²) in [6.07, 6.45) is 3.99. The lowest BCUT2D eigenvalue weighted by Gasteiger charge is -2.32. The van der Waals surface area contributed by atoms with Crippen LogP contribution in [-0.4, -0.2) is 11.1 Å². The van der Waals surface area contributed by atoms with E-state index in [1.54, 1.807) is 0 Å². The van der Waals surface area contributed by atoms with Crippen LogP contribution >= 0.6 is 0 Å². The quantitative estimate of drug-likeness (QED) is 0.756. The van der Waals surface area contributed by atoms with Crippen LogP contribution in [0.3, 0.4) is 0 Å². The predicted molar refractivity (Wildman–Crippen MR) is 57.1 cm³/mol. The van der Waals surface area contributed by atoms with E-state index in [1.807, 2.05) is 0 Å². The van der Waals surface area contributed by atoms with Gasteiger partial charge in [-0.2, -0.15) is 0 Å². The van der Waals surface area contributed by atoms with Crippen LogP contribution < -0.4 is 0 Å². The smallest absolute Gasteiger partial charge is 0.306 e. The van der Waals surface area contributed by atoms with Gasteiger partial charge in [0.05, 0.1) is 5.92 Å². The van der Waals surface area contributed by atoms with E-state index in [-0.39, 0.29) is 5.92 Å². The Morgan fingerprint density at radius 2 is 1.64 bits per heavy atom. The molecule has 0 radical (unpaired) electrons. The van der Waals surface area contributed by atoms with E-state index < -0.39 is 5.97 Å². The molecule has 1 fully saturated rings. The minimum Gasteiger partial charge on any atom is -0.481 e. The number of rotatable bonds is 3. The van der Waals surface area contributed by atoms with Crippen LogP contribution in [0.5, 0.6) is 0 Å². The van der Waals surface area contributed by atoms with Crippen molar-refractivity contribution in [2.45, 2.75) is 46.5 Å². The van der Waals surface area contributed by atoms with Crippen molar-refractivity contribution in [1.29, 1.82) is 0 Å². The van der Waals surface area contributed by atoms with E-state index in [0.717, 1.165) is 43.4 Å². The van der Waals surface area contributed by atoms with E-state index in [9.17, 15) is 4.79 Å². The Bertz CT molecular complexity index is 190. The Labute approximate surface area is 86.7 Å². The van der Waals surface area contributed by atoms with Crippen LogP contribution in [0.25, 0.3) is 0 Å². The highest BCUT2D eigenvalue weighted by atomic mass is 16.4. The predicted octanol–water partition coefficient (Wildman–Crippen LogP) is 3.17. The SMILES string of the molecule is CC(C)C(C)C1CCC(C(=O)O)CC1. The Kier molecular flexibility index (Phi) is 3.97. The number of carboxylic acid groups (broad SMARTS) is 1. The number of carboxylic acids is 1. The summed E-state index contributed by atoms with van der Waals surface area (Å²) in [5, 5.41) is 8.87. The van der Waals surface area contributed by atoms with Crippen molar-refractivity contribution in [3.05, 3.63) is 0 Å². The first-order valence-corrected chi connectivity index (χ1v) is 5.75. The van der Waals surface area contributed by atoms with Gasteiger partial charge in [-0.15, -0.1) is 0 Å². The van der Waals surface area contributed by atoms with Gasteiger partial charge in [-0.05, 0) is 43.4 Å². The van der Waals surface area contributed by atoms with Crippen molar-refractivity contribution >= 4 is 5.97 Å². The summed E-state index contributed by atoms with van der Waals surface area (Å²) in [6, 6.07) is 0. The highest BCUT2D eigenvalue weighted by molar-refractivity contribution is 5.69. The first-order valence-electron chi connectivity index (χ1n) is 5.75. The monoisotopic (exact) mass is 198 g/mol. The minimum absolute atomic E-state index is 0.0642. The molecule has 0 bridgehead atoms. The summed E-state index contributed by atoms with van der Waals surface area (Å²) in [6.45, 7) is 6.82. The van der Waals surface area contributed by atoms with Crippen LogP contribution in [0.15, 0.2) is 0 Å². The lowest BCUT2D eigenvalue weighted by atomic mass is 9.73. The summed E-state index contributed by atoms with van der Waals surface area (Å²) in [5.41, 5.74) is 0. The minimum atomic E-state index is -0.597. The molecule has 0 aliphatic heterocycles. The van der Waals surface area contributed by atoms with Gasteiger partial charge in [0.1, 0.15) is 0 Å². The average molecular weight is 198 g/mol. The van der Waals surface area contributed by atoms with E-state index in [2.05, 4.69) is 20.8 Å². The average Bonchev–Trinajstić information content (AvgIpc) is 2.16.